The first-order chi connectivity index (χ1) is 27.2. The summed E-state index contributed by atoms with van der Waals surface area (Å²) in [6.45, 7) is 6.86. The maximum absolute atomic E-state index is 12.7. The standard InChI is InChI=1S/C40H47N11O5/c1-47-17-18-51(40(47)55)28-3-2-14-49(21-28)33-20-42-36(37(41)53)38(44-33)43-26-6-4-24(5-7-26)25-12-15-48(16-13-25)29-22-50(23-29)27-8-9-30-32(19-27)56-46-35(30)31-10-11-34(52)45-39(31)54/h4-9,19-20,25,28-29,31H,2-3,10-18,21-23H2,1H3,(H2,41,53)(H,43,44)(H,45,52,54)/t28-,31?/m1/s1. The van der Waals surface area contributed by atoms with Crippen molar-refractivity contribution in [1.29, 1.82) is 0 Å². The predicted octanol–water partition coefficient (Wildman–Crippen LogP) is 3.38. The Morgan fingerprint density at radius 3 is 2.43 bits per heavy atom. The van der Waals surface area contributed by atoms with Crippen molar-refractivity contribution >= 4 is 57.7 Å². The van der Waals surface area contributed by atoms with Crippen LogP contribution in [0.5, 0.6) is 0 Å². The van der Waals surface area contributed by atoms with Gasteiger partial charge in [0.25, 0.3) is 5.91 Å². The van der Waals surface area contributed by atoms with Crippen molar-refractivity contribution in [3.63, 3.8) is 0 Å². The van der Waals surface area contributed by atoms with Gasteiger partial charge in [-0.25, -0.2) is 14.8 Å². The van der Waals surface area contributed by atoms with Crippen molar-refractivity contribution in [3.8, 4) is 0 Å². The zero-order chi connectivity index (χ0) is 38.5. The van der Waals surface area contributed by atoms with Gasteiger partial charge in [-0.1, -0.05) is 17.3 Å². The van der Waals surface area contributed by atoms with E-state index < -0.39 is 11.8 Å². The molecule has 16 heteroatoms. The second kappa shape index (κ2) is 14.7. The Bertz CT molecular complexity index is 2160. The van der Waals surface area contributed by atoms with Gasteiger partial charge in [-0.15, -0.1) is 0 Å². The van der Waals surface area contributed by atoms with Crippen LogP contribution in [0.4, 0.5) is 27.8 Å². The zero-order valence-corrected chi connectivity index (χ0v) is 31.5. The number of fused-ring (bicyclic) bond motifs is 1. The van der Waals surface area contributed by atoms with Gasteiger partial charge in [-0.05, 0) is 80.9 Å². The lowest BCUT2D eigenvalue weighted by Crippen LogP contribution is -2.60. The summed E-state index contributed by atoms with van der Waals surface area (Å²) < 4.78 is 5.64. The van der Waals surface area contributed by atoms with Crippen molar-refractivity contribution in [3.05, 3.63) is 65.6 Å². The molecule has 0 radical (unpaired) electrons. The number of aromatic nitrogens is 3. The van der Waals surface area contributed by atoms with E-state index in [9.17, 15) is 19.2 Å². The van der Waals surface area contributed by atoms with Crippen LogP contribution in [-0.4, -0.2) is 125 Å². The van der Waals surface area contributed by atoms with Gasteiger partial charge in [0.2, 0.25) is 11.8 Å². The monoisotopic (exact) mass is 761 g/mol. The summed E-state index contributed by atoms with van der Waals surface area (Å²) >= 11 is 0. The molecule has 0 aliphatic carbocycles. The molecule has 9 rings (SSSR count). The van der Waals surface area contributed by atoms with Crippen LogP contribution in [0.25, 0.3) is 11.0 Å². The Hall–Kier alpha value is -5.77. The van der Waals surface area contributed by atoms with Crippen molar-refractivity contribution in [1.82, 2.24) is 35.1 Å². The van der Waals surface area contributed by atoms with Gasteiger partial charge in [0.05, 0.1) is 18.2 Å². The molecule has 2 aromatic carbocycles. The van der Waals surface area contributed by atoms with Crippen LogP contribution in [0.1, 0.15) is 72.1 Å². The van der Waals surface area contributed by atoms with Crippen LogP contribution < -0.4 is 26.2 Å². The first kappa shape index (κ1) is 35.9. The van der Waals surface area contributed by atoms with Crippen molar-refractivity contribution in [2.24, 2.45) is 5.73 Å². The Morgan fingerprint density at radius 1 is 0.911 bits per heavy atom. The summed E-state index contributed by atoms with van der Waals surface area (Å²) in [5.74, 6) is -0.251. The number of hydrogen-bond donors (Lipinski definition) is 3. The minimum atomic E-state index is -0.650. The van der Waals surface area contributed by atoms with Gasteiger partial charge in [-0.2, -0.15) is 0 Å². The lowest BCUT2D eigenvalue weighted by molar-refractivity contribution is -0.134. The van der Waals surface area contributed by atoms with E-state index in [4.69, 9.17) is 15.2 Å². The van der Waals surface area contributed by atoms with E-state index in [-0.39, 0.29) is 29.6 Å². The molecule has 5 fully saturated rings. The molecule has 5 saturated heterocycles. The van der Waals surface area contributed by atoms with Crippen LogP contribution in [0.2, 0.25) is 0 Å². The number of nitrogens with zero attached hydrogens (tertiary/aromatic N) is 8. The predicted molar refractivity (Wildman–Crippen MR) is 209 cm³/mol. The van der Waals surface area contributed by atoms with Crippen LogP contribution in [0.3, 0.4) is 0 Å². The summed E-state index contributed by atoms with van der Waals surface area (Å²) in [5, 5.41) is 10.7. The number of nitrogens with two attached hydrogens (primary N) is 1. The normalized spacial score (nSPS) is 22.8. The number of carbonyl (C=O) groups is 4. The molecule has 292 valence electrons. The minimum absolute atomic E-state index is 0.0681. The number of imide groups is 1. The topological polar surface area (TPSA) is 186 Å². The van der Waals surface area contributed by atoms with E-state index in [0.717, 1.165) is 88.3 Å². The quantitative estimate of drug-likeness (QED) is 0.212. The SMILES string of the molecule is CN1CCN([C@@H]2CCCN(c3cnc(C(N)=O)c(Nc4ccc(C5CCN(C6CN(c7ccc8c(C9CCC(=O)NC9=O)noc8c7)C6)CC5)cc4)n3)C2)C1=O. The van der Waals surface area contributed by atoms with Crippen LogP contribution in [0.15, 0.2) is 53.2 Å². The molecule has 5 aliphatic rings. The van der Waals surface area contributed by atoms with Gasteiger partial charge in [0, 0.05) is 81.6 Å². The summed E-state index contributed by atoms with van der Waals surface area (Å²) in [6, 6.07) is 15.1. The number of hydrogen-bond acceptors (Lipinski definition) is 12. The number of urea groups is 1. The number of primary amides is 1. The third-order valence-electron chi connectivity index (χ3n) is 12.4. The molecule has 5 aliphatic heterocycles. The van der Waals surface area contributed by atoms with Crippen LogP contribution in [0, 0.1) is 0 Å². The number of piperidine rings is 3. The molecule has 2 aromatic heterocycles. The largest absolute Gasteiger partial charge is 0.368 e. The zero-order valence-electron chi connectivity index (χ0n) is 31.5. The second-order valence-corrected chi connectivity index (χ2v) is 15.8. The highest BCUT2D eigenvalue weighted by molar-refractivity contribution is 6.02. The molecule has 4 aromatic rings. The van der Waals surface area contributed by atoms with Gasteiger partial charge < -0.3 is 35.2 Å². The molecule has 2 atom stereocenters. The molecule has 4 N–H and O–H groups in total. The summed E-state index contributed by atoms with van der Waals surface area (Å²) in [5.41, 5.74) is 10.2. The second-order valence-electron chi connectivity index (χ2n) is 15.8. The summed E-state index contributed by atoms with van der Waals surface area (Å²) in [7, 11) is 1.84. The molecule has 0 spiro atoms. The highest BCUT2D eigenvalue weighted by Crippen LogP contribution is 2.36. The summed E-state index contributed by atoms with van der Waals surface area (Å²) in [4.78, 5) is 69.0. The Labute approximate surface area is 324 Å². The average molecular weight is 762 g/mol. The molecule has 0 saturated carbocycles. The fourth-order valence-electron chi connectivity index (χ4n) is 9.04. The maximum Gasteiger partial charge on any atom is 0.320 e. The van der Waals surface area contributed by atoms with E-state index in [1.54, 1.807) is 11.1 Å². The van der Waals surface area contributed by atoms with Gasteiger partial charge in [0.15, 0.2) is 17.1 Å². The number of carbonyl (C=O) groups excluding carboxylic acids is 4. The van der Waals surface area contributed by atoms with E-state index in [2.05, 4.69) is 53.7 Å². The van der Waals surface area contributed by atoms with Crippen molar-refractivity contribution in [2.75, 3.05) is 74.5 Å². The first-order valence-electron chi connectivity index (χ1n) is 19.7. The number of amides is 5. The minimum Gasteiger partial charge on any atom is -0.368 e. The molecule has 0 bridgehead atoms. The van der Waals surface area contributed by atoms with E-state index in [0.29, 0.717) is 54.3 Å². The average Bonchev–Trinajstić information content (AvgIpc) is 3.76. The molecule has 1 unspecified atom stereocenters. The molecule has 16 nitrogen and oxygen atoms in total. The molecule has 56 heavy (non-hydrogen) atoms. The lowest BCUT2D eigenvalue weighted by Gasteiger charge is -2.48. The fourth-order valence-corrected chi connectivity index (χ4v) is 9.04. The number of nitrogens with one attached hydrogen (secondary N) is 2. The number of likely N-dealkylation sites (tertiary alicyclic amines) is 1. The van der Waals surface area contributed by atoms with E-state index in [1.807, 2.05) is 36.2 Å². The molecular weight excluding hydrogens is 715 g/mol. The number of likely N-dealkylation sites (N-methyl/N-ethyl adjacent to an activating group) is 1. The maximum atomic E-state index is 12.7. The Kier molecular flexibility index (Phi) is 9.43. The Morgan fingerprint density at radius 2 is 1.70 bits per heavy atom. The first-order valence-corrected chi connectivity index (χ1v) is 19.7. The van der Waals surface area contributed by atoms with E-state index in [1.165, 1.54) is 5.56 Å². The molecule has 7 heterocycles. The highest BCUT2D eigenvalue weighted by atomic mass is 16.5. The number of anilines is 4. The summed E-state index contributed by atoms with van der Waals surface area (Å²) in [6.07, 6.45) is 6.36. The van der Waals surface area contributed by atoms with Crippen molar-refractivity contribution in [2.45, 2.75) is 62.4 Å². The third-order valence-corrected chi connectivity index (χ3v) is 12.4. The van der Waals surface area contributed by atoms with Gasteiger partial charge in [0.1, 0.15) is 11.5 Å². The molecule has 5 amide bonds. The van der Waals surface area contributed by atoms with Crippen LogP contribution >= 0.6 is 0 Å². The van der Waals surface area contributed by atoms with Gasteiger partial charge >= 0.3 is 6.03 Å². The molecular formula is C40H47N11O5. The smallest absolute Gasteiger partial charge is 0.320 e. The van der Waals surface area contributed by atoms with Crippen LogP contribution in [-0.2, 0) is 9.59 Å². The number of benzene rings is 2. The fraction of sp³-hybridized carbons (Fsp3) is 0.475. The third kappa shape index (κ3) is 6.86. The van der Waals surface area contributed by atoms with E-state index >= 15 is 0 Å². The van der Waals surface area contributed by atoms with Gasteiger partial charge in [-0.3, -0.25) is 24.6 Å². The number of rotatable bonds is 9. The lowest BCUT2D eigenvalue weighted by atomic mass is 9.88. The Balaban J connectivity index is 0.783. The highest BCUT2D eigenvalue weighted by Gasteiger charge is 2.37. The van der Waals surface area contributed by atoms with Crippen molar-refractivity contribution < 1.29 is 23.7 Å².